The highest BCUT2D eigenvalue weighted by Gasteiger charge is 2.43. The molecule has 1 fully saturated rings. The molecule has 2 aliphatic rings. The Morgan fingerprint density at radius 2 is 2.00 bits per heavy atom. The van der Waals surface area contributed by atoms with Gasteiger partial charge >= 0.3 is 5.97 Å². The van der Waals surface area contributed by atoms with E-state index in [9.17, 15) is 19.4 Å². The standard InChI is InChI=1S/C22H23ClFNO4/c23-20-4-2-18(26)11-14(20)9-15(21(27)28)12-25-7-5-22(6-8-25)19-3-1-17(24)10-16(19)13-29-22/h1-4,10-11,15,26H,5-9,12-13H2,(H,27,28). The van der Waals surface area contributed by atoms with Gasteiger partial charge in [-0.25, -0.2) is 4.39 Å². The number of halogens is 2. The van der Waals surface area contributed by atoms with E-state index in [1.54, 1.807) is 6.07 Å². The second kappa shape index (κ2) is 7.94. The number of aromatic hydroxyl groups is 1. The van der Waals surface area contributed by atoms with Crippen LogP contribution in [0.3, 0.4) is 0 Å². The van der Waals surface area contributed by atoms with Crippen molar-refractivity contribution in [3.05, 3.63) is 63.9 Å². The van der Waals surface area contributed by atoms with Crippen LogP contribution in [-0.4, -0.2) is 40.7 Å². The number of likely N-dealkylation sites (tertiary alicyclic amines) is 1. The molecule has 4 rings (SSSR count). The van der Waals surface area contributed by atoms with Gasteiger partial charge in [-0.1, -0.05) is 17.7 Å². The van der Waals surface area contributed by atoms with Gasteiger partial charge in [-0.3, -0.25) is 4.79 Å². The zero-order valence-corrected chi connectivity index (χ0v) is 16.7. The molecular formula is C22H23ClFNO4. The first-order valence-corrected chi connectivity index (χ1v) is 10.1. The summed E-state index contributed by atoms with van der Waals surface area (Å²) in [5.41, 5.74) is 2.19. The van der Waals surface area contributed by atoms with Crippen molar-refractivity contribution < 1.29 is 24.1 Å². The van der Waals surface area contributed by atoms with Crippen molar-refractivity contribution in [3.8, 4) is 5.75 Å². The van der Waals surface area contributed by atoms with Crippen molar-refractivity contribution in [2.75, 3.05) is 19.6 Å². The lowest BCUT2D eigenvalue weighted by Crippen LogP contribution is -2.45. The largest absolute Gasteiger partial charge is 0.508 e. The third-order valence-electron chi connectivity index (χ3n) is 6.05. The number of piperidine rings is 1. The van der Waals surface area contributed by atoms with Crippen molar-refractivity contribution in [2.24, 2.45) is 5.92 Å². The van der Waals surface area contributed by atoms with Crippen molar-refractivity contribution in [3.63, 3.8) is 0 Å². The second-order valence-corrected chi connectivity index (χ2v) is 8.31. The molecule has 2 aromatic rings. The Morgan fingerprint density at radius 3 is 2.72 bits per heavy atom. The zero-order valence-electron chi connectivity index (χ0n) is 15.9. The van der Waals surface area contributed by atoms with Crippen molar-refractivity contribution in [2.45, 2.75) is 31.5 Å². The van der Waals surface area contributed by atoms with E-state index in [1.165, 1.54) is 24.3 Å². The summed E-state index contributed by atoms with van der Waals surface area (Å²) >= 11 is 6.17. The number of fused-ring (bicyclic) bond motifs is 2. The summed E-state index contributed by atoms with van der Waals surface area (Å²) in [6.07, 6.45) is 1.73. The van der Waals surface area contributed by atoms with Crippen LogP contribution in [0.5, 0.6) is 5.75 Å². The number of carbonyl (C=O) groups is 1. The van der Waals surface area contributed by atoms with Gasteiger partial charge in [0.2, 0.25) is 0 Å². The van der Waals surface area contributed by atoms with Crippen LogP contribution < -0.4 is 0 Å². The topological polar surface area (TPSA) is 70.0 Å². The quantitative estimate of drug-likeness (QED) is 0.768. The predicted octanol–water partition coefficient (Wildman–Crippen LogP) is 3.95. The summed E-state index contributed by atoms with van der Waals surface area (Å²) in [6.45, 7) is 2.22. The van der Waals surface area contributed by atoms with Crippen LogP contribution in [0, 0.1) is 11.7 Å². The lowest BCUT2D eigenvalue weighted by molar-refractivity contribution is -0.143. The number of carboxylic acid groups (broad SMARTS) is 1. The lowest BCUT2D eigenvalue weighted by Gasteiger charge is -2.40. The summed E-state index contributed by atoms with van der Waals surface area (Å²) in [4.78, 5) is 14.0. The van der Waals surface area contributed by atoms with E-state index in [0.717, 1.165) is 24.0 Å². The zero-order chi connectivity index (χ0) is 20.6. The fourth-order valence-electron chi connectivity index (χ4n) is 4.45. The first kappa shape index (κ1) is 20.1. The number of rotatable bonds is 5. The lowest BCUT2D eigenvalue weighted by atomic mass is 9.83. The Labute approximate surface area is 173 Å². The minimum atomic E-state index is -0.886. The fourth-order valence-corrected chi connectivity index (χ4v) is 4.65. The van der Waals surface area contributed by atoms with Crippen LogP contribution in [-0.2, 0) is 28.2 Å². The van der Waals surface area contributed by atoms with Crippen LogP contribution in [0.15, 0.2) is 36.4 Å². The highest BCUT2D eigenvalue weighted by molar-refractivity contribution is 6.31. The Morgan fingerprint density at radius 1 is 1.24 bits per heavy atom. The molecule has 1 saturated heterocycles. The van der Waals surface area contributed by atoms with Crippen LogP contribution in [0.1, 0.15) is 29.5 Å². The molecule has 0 bridgehead atoms. The molecule has 1 atom stereocenters. The summed E-state index contributed by atoms with van der Waals surface area (Å²) in [5, 5.41) is 19.8. The Hall–Kier alpha value is -2.15. The number of aliphatic carboxylic acids is 1. The van der Waals surface area contributed by atoms with E-state index in [1.807, 2.05) is 6.07 Å². The van der Waals surface area contributed by atoms with Gasteiger partial charge in [-0.2, -0.15) is 0 Å². The molecule has 1 unspecified atom stereocenters. The molecule has 154 valence electrons. The van der Waals surface area contributed by atoms with E-state index >= 15 is 0 Å². The Balaban J connectivity index is 1.42. The molecule has 2 N–H and O–H groups in total. The van der Waals surface area contributed by atoms with Crippen molar-refractivity contribution in [1.29, 1.82) is 0 Å². The van der Waals surface area contributed by atoms with E-state index in [4.69, 9.17) is 16.3 Å². The number of phenols is 1. The highest BCUT2D eigenvalue weighted by atomic mass is 35.5. The Kier molecular flexibility index (Phi) is 5.51. The summed E-state index contributed by atoms with van der Waals surface area (Å²) < 4.78 is 19.6. The number of ether oxygens (including phenoxy) is 1. The number of carboxylic acids is 1. The molecular weight excluding hydrogens is 397 g/mol. The average Bonchev–Trinajstić information content (AvgIpc) is 3.03. The maximum Gasteiger partial charge on any atom is 0.308 e. The van der Waals surface area contributed by atoms with Gasteiger partial charge < -0.3 is 19.8 Å². The van der Waals surface area contributed by atoms with E-state index in [2.05, 4.69) is 4.90 Å². The molecule has 29 heavy (non-hydrogen) atoms. The Bertz CT molecular complexity index is 927. The molecule has 0 saturated carbocycles. The third kappa shape index (κ3) is 4.10. The monoisotopic (exact) mass is 419 g/mol. The highest BCUT2D eigenvalue weighted by Crippen LogP contribution is 2.44. The van der Waals surface area contributed by atoms with E-state index in [0.29, 0.717) is 36.8 Å². The van der Waals surface area contributed by atoms with Crippen LogP contribution >= 0.6 is 11.6 Å². The molecule has 2 aliphatic heterocycles. The molecule has 7 heteroatoms. The average molecular weight is 420 g/mol. The molecule has 2 heterocycles. The summed E-state index contributed by atoms with van der Waals surface area (Å²) in [6, 6.07) is 9.41. The van der Waals surface area contributed by atoms with Crippen molar-refractivity contribution >= 4 is 17.6 Å². The maximum absolute atomic E-state index is 13.5. The minimum absolute atomic E-state index is 0.0712. The van der Waals surface area contributed by atoms with Crippen LogP contribution in [0.25, 0.3) is 0 Å². The minimum Gasteiger partial charge on any atom is -0.508 e. The van der Waals surface area contributed by atoms with E-state index in [-0.39, 0.29) is 18.0 Å². The number of hydrogen-bond acceptors (Lipinski definition) is 4. The molecule has 0 aromatic heterocycles. The fraction of sp³-hybridized carbons (Fsp3) is 0.409. The molecule has 1 spiro atoms. The van der Waals surface area contributed by atoms with Crippen molar-refractivity contribution in [1.82, 2.24) is 4.90 Å². The third-order valence-corrected chi connectivity index (χ3v) is 6.42. The molecule has 0 aliphatic carbocycles. The van der Waals surface area contributed by atoms with Gasteiger partial charge in [-0.15, -0.1) is 0 Å². The maximum atomic E-state index is 13.5. The smallest absolute Gasteiger partial charge is 0.308 e. The second-order valence-electron chi connectivity index (χ2n) is 7.90. The molecule has 0 radical (unpaired) electrons. The van der Waals surface area contributed by atoms with Gasteiger partial charge in [0.15, 0.2) is 0 Å². The number of phenolic OH excluding ortho intramolecular Hbond substituents is 1. The van der Waals surface area contributed by atoms with Gasteiger partial charge in [0.1, 0.15) is 11.6 Å². The van der Waals surface area contributed by atoms with E-state index < -0.39 is 17.5 Å². The summed E-state index contributed by atoms with van der Waals surface area (Å²) in [7, 11) is 0. The number of nitrogens with zero attached hydrogens (tertiary/aromatic N) is 1. The van der Waals surface area contributed by atoms with Gasteiger partial charge in [0.05, 0.1) is 18.1 Å². The molecule has 2 aromatic carbocycles. The first-order valence-electron chi connectivity index (χ1n) is 9.72. The predicted molar refractivity (Wildman–Crippen MR) is 106 cm³/mol. The molecule has 5 nitrogen and oxygen atoms in total. The summed E-state index contributed by atoms with van der Waals surface area (Å²) in [5.74, 6) is -1.70. The first-order chi connectivity index (χ1) is 13.9. The SMILES string of the molecule is O=C(O)C(Cc1cc(O)ccc1Cl)CN1CCC2(CC1)OCc1cc(F)ccc12. The normalized spacial score (nSPS) is 19.2. The molecule has 0 amide bonds. The van der Waals surface area contributed by atoms with Gasteiger partial charge in [0, 0.05) is 24.7 Å². The van der Waals surface area contributed by atoms with Crippen LogP contribution in [0.2, 0.25) is 5.02 Å². The number of benzene rings is 2. The number of hydrogen-bond donors (Lipinski definition) is 2. The van der Waals surface area contributed by atoms with Crippen LogP contribution in [0.4, 0.5) is 4.39 Å². The van der Waals surface area contributed by atoms with Gasteiger partial charge in [-0.05, 0) is 66.3 Å². The van der Waals surface area contributed by atoms with Gasteiger partial charge in [0.25, 0.3) is 0 Å².